The summed E-state index contributed by atoms with van der Waals surface area (Å²) in [6.45, 7) is 2.18. The highest BCUT2D eigenvalue weighted by atomic mass is 16.5. The Morgan fingerprint density at radius 1 is 1.27 bits per heavy atom. The van der Waals surface area contributed by atoms with Crippen LogP contribution < -0.4 is 9.47 Å². The summed E-state index contributed by atoms with van der Waals surface area (Å²) in [5, 5.41) is 9.01. The van der Waals surface area contributed by atoms with Gasteiger partial charge in [0, 0.05) is 6.61 Å². The summed E-state index contributed by atoms with van der Waals surface area (Å²) in [6.07, 6.45) is 0.789. The Labute approximate surface area is 90.6 Å². The smallest absolute Gasteiger partial charge is 0.122 e. The average molecular weight is 210 g/mol. The molecule has 3 heteroatoms. The van der Waals surface area contributed by atoms with Gasteiger partial charge in [-0.15, -0.1) is 0 Å². The summed E-state index contributed by atoms with van der Waals surface area (Å²) in [5.74, 6) is 1.89. The molecular weight excluding hydrogens is 192 g/mol. The summed E-state index contributed by atoms with van der Waals surface area (Å²) < 4.78 is 10.4. The average Bonchev–Trinajstić information content (AvgIpc) is 2.28. The molecular formula is C12H18O3. The van der Waals surface area contributed by atoms with E-state index in [4.69, 9.17) is 14.6 Å². The molecule has 0 spiro atoms. The Morgan fingerprint density at radius 3 is 2.53 bits per heavy atom. The van der Waals surface area contributed by atoms with Gasteiger partial charge in [-0.25, -0.2) is 0 Å². The third-order valence-corrected chi connectivity index (χ3v) is 2.37. The molecule has 3 nitrogen and oxygen atoms in total. The molecule has 0 amide bonds. The molecule has 15 heavy (non-hydrogen) atoms. The van der Waals surface area contributed by atoms with Gasteiger partial charge in [0.2, 0.25) is 0 Å². The van der Waals surface area contributed by atoms with Crippen LogP contribution in [-0.2, 0) is 6.42 Å². The van der Waals surface area contributed by atoms with Crippen LogP contribution in [0.3, 0.4) is 0 Å². The SMILES string of the molecule is COc1ccc(OC)c(CC(C)CO)c1. The molecule has 0 saturated carbocycles. The zero-order valence-electron chi connectivity index (χ0n) is 9.49. The Morgan fingerprint density at radius 2 is 2.00 bits per heavy atom. The van der Waals surface area contributed by atoms with E-state index in [9.17, 15) is 0 Å². The highest BCUT2D eigenvalue weighted by Crippen LogP contribution is 2.26. The van der Waals surface area contributed by atoms with E-state index in [2.05, 4.69) is 0 Å². The van der Waals surface area contributed by atoms with Crippen molar-refractivity contribution in [3.05, 3.63) is 23.8 Å². The summed E-state index contributed by atoms with van der Waals surface area (Å²) in [5.41, 5.74) is 1.07. The lowest BCUT2D eigenvalue weighted by atomic mass is 10.0. The van der Waals surface area contributed by atoms with Crippen molar-refractivity contribution in [2.45, 2.75) is 13.3 Å². The Hall–Kier alpha value is -1.22. The van der Waals surface area contributed by atoms with Crippen LogP contribution in [0.2, 0.25) is 0 Å². The molecule has 1 atom stereocenters. The maximum atomic E-state index is 9.01. The minimum absolute atomic E-state index is 0.181. The lowest BCUT2D eigenvalue weighted by Gasteiger charge is -2.13. The summed E-state index contributed by atoms with van der Waals surface area (Å²) in [4.78, 5) is 0. The van der Waals surface area contributed by atoms with Gasteiger partial charge in [0.1, 0.15) is 11.5 Å². The van der Waals surface area contributed by atoms with Gasteiger partial charge in [0.25, 0.3) is 0 Å². The first kappa shape index (κ1) is 11.9. The molecule has 0 saturated heterocycles. The Balaban J connectivity index is 2.90. The minimum Gasteiger partial charge on any atom is -0.497 e. The standard InChI is InChI=1S/C12H18O3/c1-9(8-13)6-10-7-11(14-2)4-5-12(10)15-3/h4-5,7,9,13H,6,8H2,1-3H3. The van der Waals surface area contributed by atoms with Crippen molar-refractivity contribution in [1.82, 2.24) is 0 Å². The first-order valence-corrected chi connectivity index (χ1v) is 5.03. The van der Waals surface area contributed by atoms with Crippen molar-refractivity contribution >= 4 is 0 Å². The predicted molar refractivity (Wildman–Crippen MR) is 59.5 cm³/mol. The molecule has 0 radical (unpaired) electrons. The maximum Gasteiger partial charge on any atom is 0.122 e. The second-order valence-electron chi connectivity index (χ2n) is 3.67. The molecule has 0 aliphatic rings. The molecule has 0 aliphatic heterocycles. The molecule has 0 bridgehead atoms. The molecule has 0 aliphatic carbocycles. The number of aliphatic hydroxyl groups is 1. The van der Waals surface area contributed by atoms with Crippen LogP contribution in [0.1, 0.15) is 12.5 Å². The van der Waals surface area contributed by atoms with Gasteiger partial charge in [-0.05, 0) is 36.1 Å². The van der Waals surface area contributed by atoms with Gasteiger partial charge in [0.15, 0.2) is 0 Å². The molecule has 0 fully saturated rings. The maximum absolute atomic E-state index is 9.01. The van der Waals surface area contributed by atoms with Crippen molar-refractivity contribution in [3.63, 3.8) is 0 Å². The second-order valence-corrected chi connectivity index (χ2v) is 3.67. The molecule has 1 unspecified atom stereocenters. The highest BCUT2D eigenvalue weighted by Gasteiger charge is 2.08. The topological polar surface area (TPSA) is 38.7 Å². The van der Waals surface area contributed by atoms with Gasteiger partial charge >= 0.3 is 0 Å². The molecule has 1 aromatic carbocycles. The monoisotopic (exact) mass is 210 g/mol. The van der Waals surface area contributed by atoms with Crippen LogP contribution in [0.25, 0.3) is 0 Å². The molecule has 0 heterocycles. The largest absolute Gasteiger partial charge is 0.497 e. The minimum atomic E-state index is 0.181. The van der Waals surface area contributed by atoms with Gasteiger partial charge in [0.05, 0.1) is 14.2 Å². The van der Waals surface area contributed by atoms with Crippen LogP contribution in [0.5, 0.6) is 11.5 Å². The first-order valence-electron chi connectivity index (χ1n) is 5.03. The fourth-order valence-corrected chi connectivity index (χ4v) is 1.48. The highest BCUT2D eigenvalue weighted by molar-refractivity contribution is 5.40. The van der Waals surface area contributed by atoms with Crippen LogP contribution in [0.4, 0.5) is 0 Å². The number of rotatable bonds is 5. The van der Waals surface area contributed by atoms with Gasteiger partial charge < -0.3 is 14.6 Å². The molecule has 0 aromatic heterocycles. The first-order chi connectivity index (χ1) is 7.21. The van der Waals surface area contributed by atoms with E-state index in [-0.39, 0.29) is 12.5 Å². The third kappa shape index (κ3) is 3.13. The summed E-state index contributed by atoms with van der Waals surface area (Å²) >= 11 is 0. The van der Waals surface area contributed by atoms with Crippen molar-refractivity contribution in [1.29, 1.82) is 0 Å². The number of ether oxygens (including phenoxy) is 2. The van der Waals surface area contributed by atoms with E-state index in [1.54, 1.807) is 14.2 Å². The van der Waals surface area contributed by atoms with E-state index in [1.807, 2.05) is 25.1 Å². The Kier molecular flexibility index (Phi) is 4.43. The zero-order chi connectivity index (χ0) is 11.3. The van der Waals surface area contributed by atoms with Gasteiger partial charge in [-0.3, -0.25) is 0 Å². The lowest BCUT2D eigenvalue weighted by Crippen LogP contribution is -2.06. The molecule has 1 N–H and O–H groups in total. The van der Waals surface area contributed by atoms with Crippen molar-refractivity contribution in [2.75, 3.05) is 20.8 Å². The second kappa shape index (κ2) is 5.61. The molecule has 1 rings (SSSR count). The number of benzene rings is 1. The fraction of sp³-hybridized carbons (Fsp3) is 0.500. The zero-order valence-corrected chi connectivity index (χ0v) is 9.49. The van der Waals surface area contributed by atoms with Crippen LogP contribution >= 0.6 is 0 Å². The summed E-state index contributed by atoms with van der Waals surface area (Å²) in [6, 6.07) is 5.70. The van der Waals surface area contributed by atoms with Crippen LogP contribution in [-0.4, -0.2) is 25.9 Å². The fourth-order valence-electron chi connectivity index (χ4n) is 1.48. The number of aliphatic hydroxyl groups excluding tert-OH is 1. The Bertz CT molecular complexity index is 310. The number of hydrogen-bond donors (Lipinski definition) is 1. The number of hydrogen-bond acceptors (Lipinski definition) is 3. The third-order valence-electron chi connectivity index (χ3n) is 2.37. The van der Waals surface area contributed by atoms with E-state index in [0.717, 1.165) is 23.5 Å². The van der Waals surface area contributed by atoms with Crippen LogP contribution in [0, 0.1) is 5.92 Å². The van der Waals surface area contributed by atoms with Gasteiger partial charge in [-0.2, -0.15) is 0 Å². The van der Waals surface area contributed by atoms with E-state index in [1.165, 1.54) is 0 Å². The van der Waals surface area contributed by atoms with E-state index in [0.29, 0.717) is 0 Å². The normalized spacial score (nSPS) is 12.3. The van der Waals surface area contributed by atoms with Crippen molar-refractivity contribution in [3.8, 4) is 11.5 Å². The van der Waals surface area contributed by atoms with Crippen molar-refractivity contribution in [2.24, 2.45) is 5.92 Å². The van der Waals surface area contributed by atoms with Crippen LogP contribution in [0.15, 0.2) is 18.2 Å². The van der Waals surface area contributed by atoms with Crippen molar-refractivity contribution < 1.29 is 14.6 Å². The van der Waals surface area contributed by atoms with E-state index < -0.39 is 0 Å². The molecule has 1 aromatic rings. The quantitative estimate of drug-likeness (QED) is 0.806. The van der Waals surface area contributed by atoms with E-state index >= 15 is 0 Å². The molecule has 84 valence electrons. The summed E-state index contributed by atoms with van der Waals surface area (Å²) in [7, 11) is 3.29. The number of methoxy groups -OCH3 is 2. The van der Waals surface area contributed by atoms with Gasteiger partial charge in [-0.1, -0.05) is 6.92 Å². The lowest BCUT2D eigenvalue weighted by molar-refractivity contribution is 0.236. The predicted octanol–water partition coefficient (Wildman–Crippen LogP) is 1.87.